The van der Waals surface area contributed by atoms with Gasteiger partial charge in [-0.25, -0.2) is 15.0 Å². The fraction of sp³-hybridized carbons (Fsp3) is 0.455. The van der Waals surface area contributed by atoms with E-state index in [1.807, 2.05) is 10.6 Å². The number of carbonyl (C=O) groups is 1. The predicted molar refractivity (Wildman–Crippen MR) is 129 cm³/mol. The van der Waals surface area contributed by atoms with Gasteiger partial charge >= 0.3 is 0 Å². The van der Waals surface area contributed by atoms with Gasteiger partial charge in [-0.15, -0.1) is 0 Å². The number of piperidine rings is 1. The maximum atomic E-state index is 12.1. The average Bonchev–Trinajstić information content (AvgIpc) is 3.47. The van der Waals surface area contributed by atoms with E-state index in [4.69, 9.17) is 33.1 Å². The van der Waals surface area contributed by atoms with Crippen molar-refractivity contribution in [3.8, 4) is 11.5 Å². The van der Waals surface area contributed by atoms with Crippen LogP contribution in [-0.4, -0.2) is 81.0 Å². The van der Waals surface area contributed by atoms with E-state index in [1.165, 1.54) is 18.1 Å². The molecule has 0 aliphatic carbocycles. The predicted octanol–water partition coefficient (Wildman–Crippen LogP) is 0.0641. The Labute approximate surface area is 207 Å². The van der Waals surface area contributed by atoms with E-state index in [0.29, 0.717) is 64.7 Å². The van der Waals surface area contributed by atoms with Crippen molar-refractivity contribution in [3.05, 3.63) is 18.5 Å². The molecule has 2 radical (unpaired) electrons. The van der Waals surface area contributed by atoms with E-state index in [2.05, 4.69) is 9.97 Å². The van der Waals surface area contributed by atoms with E-state index in [-0.39, 0.29) is 6.79 Å². The molecule has 0 spiro atoms. The van der Waals surface area contributed by atoms with Crippen LogP contribution < -0.4 is 20.7 Å². The molecule has 3 aromatic rings. The van der Waals surface area contributed by atoms with Gasteiger partial charge in [0, 0.05) is 24.5 Å². The van der Waals surface area contributed by atoms with Crippen LogP contribution in [0.25, 0.3) is 11.2 Å². The highest BCUT2D eigenvalue weighted by Crippen LogP contribution is 2.37. The molecule has 1 fully saturated rings. The van der Waals surface area contributed by atoms with Crippen LogP contribution in [0.2, 0.25) is 0 Å². The van der Waals surface area contributed by atoms with E-state index in [9.17, 15) is 9.90 Å². The molecule has 4 heterocycles. The first kappa shape index (κ1) is 23.7. The number of aryl methyl sites for hydroxylation is 1. The first-order valence-electron chi connectivity index (χ1n) is 11.4. The first-order chi connectivity index (χ1) is 16.9. The minimum atomic E-state index is -1.35. The second kappa shape index (κ2) is 9.92. The van der Waals surface area contributed by atoms with Crippen LogP contribution in [0, 0.1) is 5.92 Å². The Kier molecular flexibility index (Phi) is 6.72. The Morgan fingerprint density at radius 3 is 2.74 bits per heavy atom. The molecule has 1 saturated heterocycles. The summed E-state index contributed by atoms with van der Waals surface area (Å²) in [5.74, 6) is 1.53. The summed E-state index contributed by atoms with van der Waals surface area (Å²) in [7, 11) is 6.26. The van der Waals surface area contributed by atoms with Gasteiger partial charge in [-0.3, -0.25) is 4.79 Å². The lowest BCUT2D eigenvalue weighted by Gasteiger charge is -2.33. The number of fused-ring (bicyclic) bond motifs is 2. The molecule has 0 unspecified atom stereocenters. The van der Waals surface area contributed by atoms with E-state index >= 15 is 0 Å². The normalized spacial score (nSPS) is 16.7. The van der Waals surface area contributed by atoms with Crippen molar-refractivity contribution in [2.24, 2.45) is 5.92 Å². The highest BCUT2D eigenvalue weighted by atomic mass is 32.2. The molecule has 13 heteroatoms. The topological polar surface area (TPSA) is 149 Å². The number of hydrogen-bond acceptors (Lipinski definition) is 10. The van der Waals surface area contributed by atoms with Crippen molar-refractivity contribution in [2.45, 2.75) is 42.0 Å². The number of imidazole rings is 1. The number of nitrogen functional groups attached to an aromatic ring is 1. The van der Waals surface area contributed by atoms with Crippen LogP contribution >= 0.6 is 11.8 Å². The highest BCUT2D eigenvalue weighted by Gasteiger charge is 2.27. The molecule has 182 valence electrons. The first-order valence-corrected chi connectivity index (χ1v) is 12.2. The Hall–Kier alpha value is -3.03. The quantitative estimate of drug-likeness (QED) is 0.384. The zero-order valence-corrected chi connectivity index (χ0v) is 19.8. The van der Waals surface area contributed by atoms with Crippen molar-refractivity contribution < 1.29 is 24.5 Å². The lowest BCUT2D eigenvalue weighted by molar-refractivity contribution is -0.143. The number of nitrogens with two attached hydrogens (primary N) is 1. The monoisotopic (exact) mass is 496 g/mol. The summed E-state index contributed by atoms with van der Waals surface area (Å²) in [6.07, 6.45) is 2.55. The Bertz CT molecular complexity index is 1250. The summed E-state index contributed by atoms with van der Waals surface area (Å²) >= 11 is 1.40. The molecule has 1 amide bonds. The average molecular weight is 496 g/mol. The van der Waals surface area contributed by atoms with Gasteiger partial charge in [0.25, 0.3) is 5.91 Å². The molecule has 1 aromatic carbocycles. The number of carbonyl (C=O) groups excluding carboxylic acids is 1. The molecule has 1 atom stereocenters. The van der Waals surface area contributed by atoms with Gasteiger partial charge in [0.15, 0.2) is 39.7 Å². The lowest BCUT2D eigenvalue weighted by atomic mass is 9.93. The van der Waals surface area contributed by atoms with Crippen molar-refractivity contribution in [1.29, 1.82) is 0 Å². The lowest BCUT2D eigenvalue weighted by Crippen LogP contribution is -2.45. The van der Waals surface area contributed by atoms with Crippen molar-refractivity contribution in [3.63, 3.8) is 0 Å². The molecular formula is C22H25BN6O5S. The zero-order chi connectivity index (χ0) is 24.5. The number of amides is 1. The fourth-order valence-corrected chi connectivity index (χ4v) is 5.35. The number of benzene rings is 1. The fourth-order valence-electron chi connectivity index (χ4n) is 4.38. The minimum absolute atomic E-state index is 0.164. The highest BCUT2D eigenvalue weighted by molar-refractivity contribution is 7.99. The molecule has 2 aliphatic rings. The summed E-state index contributed by atoms with van der Waals surface area (Å²) < 4.78 is 12.9. The molecule has 2 aliphatic heterocycles. The van der Waals surface area contributed by atoms with Crippen LogP contribution in [-0.2, 0) is 11.3 Å². The van der Waals surface area contributed by atoms with Gasteiger partial charge in [0.2, 0.25) is 6.79 Å². The number of hydrogen-bond donors (Lipinski definition) is 3. The summed E-state index contributed by atoms with van der Waals surface area (Å²) in [4.78, 5) is 27.7. The smallest absolute Gasteiger partial charge is 0.253 e. The molecule has 35 heavy (non-hydrogen) atoms. The molecule has 5 rings (SSSR count). The Morgan fingerprint density at radius 1 is 1.26 bits per heavy atom. The number of rotatable bonds is 7. The number of aliphatic hydroxyl groups excluding tert-OH is 2. The Balaban J connectivity index is 1.33. The molecule has 0 bridgehead atoms. The van der Waals surface area contributed by atoms with Gasteiger partial charge in [-0.2, -0.15) is 0 Å². The number of aromatic nitrogens is 4. The van der Waals surface area contributed by atoms with Gasteiger partial charge in [-0.1, -0.05) is 17.2 Å². The molecule has 0 saturated carbocycles. The molecule has 4 N–H and O–H groups in total. The zero-order valence-electron chi connectivity index (χ0n) is 19.0. The van der Waals surface area contributed by atoms with E-state index in [1.54, 1.807) is 11.0 Å². The van der Waals surface area contributed by atoms with Gasteiger partial charge in [-0.05, 0) is 37.3 Å². The van der Waals surface area contributed by atoms with Crippen LogP contribution in [0.3, 0.4) is 0 Å². The Morgan fingerprint density at radius 2 is 2.00 bits per heavy atom. The number of likely N-dealkylation sites (tertiary alicyclic amines) is 1. The third-order valence-electron chi connectivity index (χ3n) is 6.38. The van der Waals surface area contributed by atoms with Crippen LogP contribution in [0.5, 0.6) is 11.5 Å². The number of anilines is 1. The molecule has 2 aromatic heterocycles. The molecule has 11 nitrogen and oxygen atoms in total. The second-order valence-electron chi connectivity index (χ2n) is 8.58. The minimum Gasteiger partial charge on any atom is -0.454 e. The number of nitrogens with zero attached hydrogens (tertiary/aromatic N) is 5. The summed E-state index contributed by atoms with van der Waals surface area (Å²) in [6, 6.07) is 3.59. The number of ether oxygens (including phenoxy) is 2. The van der Waals surface area contributed by atoms with Gasteiger partial charge in [0.1, 0.15) is 14.2 Å². The van der Waals surface area contributed by atoms with Crippen LogP contribution in [0.15, 0.2) is 28.5 Å². The van der Waals surface area contributed by atoms with Gasteiger partial charge in [0.05, 0.1) is 6.61 Å². The van der Waals surface area contributed by atoms with Crippen LogP contribution in [0.1, 0.15) is 19.3 Å². The third kappa shape index (κ3) is 4.75. The van der Waals surface area contributed by atoms with E-state index in [0.717, 1.165) is 24.2 Å². The number of aliphatic hydroxyl groups is 2. The second-order valence-corrected chi connectivity index (χ2v) is 9.59. The largest absolute Gasteiger partial charge is 0.454 e. The summed E-state index contributed by atoms with van der Waals surface area (Å²) in [6.45, 7) is 1.35. The maximum Gasteiger partial charge on any atom is 0.253 e. The molecular weight excluding hydrogens is 471 g/mol. The summed E-state index contributed by atoms with van der Waals surface area (Å²) in [5, 5.41) is 19.3. The van der Waals surface area contributed by atoms with Crippen molar-refractivity contribution in [2.75, 3.05) is 32.2 Å². The summed E-state index contributed by atoms with van der Waals surface area (Å²) in [5.41, 5.74) is 7.82. The third-order valence-corrected chi connectivity index (χ3v) is 7.44. The van der Waals surface area contributed by atoms with Crippen molar-refractivity contribution >= 4 is 48.0 Å². The van der Waals surface area contributed by atoms with E-state index < -0.39 is 18.6 Å². The van der Waals surface area contributed by atoms with Crippen LogP contribution in [0.4, 0.5) is 5.82 Å². The standard InChI is InChI=1S/C22H25BN6O5S/c23-13-7-15-16(34-11-33-15)8-17(13)35-22-27-18-19(24)25-10-26-20(18)29(22)6-3-12-1-4-28(5-2-12)21(32)14(31)9-30/h7-8,10,12,14,30-31H,1-6,9,11H2,(H2,24,25,26)/t14-/m0/s1. The van der Waals surface area contributed by atoms with Gasteiger partial charge < -0.3 is 34.9 Å². The van der Waals surface area contributed by atoms with Crippen molar-refractivity contribution in [1.82, 2.24) is 24.4 Å². The maximum absolute atomic E-state index is 12.1. The SMILES string of the molecule is [B]c1cc2c(cc1Sc1nc3c(N)ncnc3n1CCC1CCN(C(=O)[C@@H](O)CO)CC1)OCO2.